The van der Waals surface area contributed by atoms with E-state index in [-0.39, 0.29) is 10.7 Å². The molecule has 0 radical (unpaired) electrons. The highest BCUT2D eigenvalue weighted by molar-refractivity contribution is 6.29. The van der Waals surface area contributed by atoms with Crippen LogP contribution in [0.2, 0.25) is 5.15 Å². The zero-order valence-corrected chi connectivity index (χ0v) is 10.3. The molecule has 1 rings (SSSR count). The topological polar surface area (TPSA) is 33.2 Å². The largest absolute Gasteiger partial charge is 0.336 e. The van der Waals surface area contributed by atoms with E-state index in [0.29, 0.717) is 12.1 Å². The normalized spacial score (nSPS) is 10.7. The number of hydrogen-bond donors (Lipinski definition) is 0. The van der Waals surface area contributed by atoms with Gasteiger partial charge in [-0.1, -0.05) is 18.5 Å². The molecule has 0 aliphatic heterocycles. The van der Waals surface area contributed by atoms with Gasteiger partial charge in [-0.05, 0) is 18.6 Å². The molecule has 0 spiro atoms. The first-order valence-electron chi connectivity index (χ1n) is 5.14. The molecule has 1 amide bonds. The Morgan fingerprint density at radius 2 is 2.18 bits per heavy atom. The lowest BCUT2D eigenvalue weighted by Gasteiger charge is -2.16. The summed E-state index contributed by atoms with van der Waals surface area (Å²) in [6.45, 7) is 1.27. The number of amides is 1. The summed E-state index contributed by atoms with van der Waals surface area (Å²) in [5.41, 5.74) is 0.941. The lowest BCUT2D eigenvalue weighted by molar-refractivity contribution is 0.0620. The van der Waals surface area contributed by atoms with Crippen molar-refractivity contribution in [1.82, 2.24) is 9.88 Å². The number of pyridine rings is 1. The van der Waals surface area contributed by atoms with Crippen LogP contribution in [0, 0.1) is 0 Å². The van der Waals surface area contributed by atoms with E-state index < -0.39 is 18.9 Å². The van der Waals surface area contributed by atoms with Crippen LogP contribution < -0.4 is 0 Å². The van der Waals surface area contributed by atoms with Crippen molar-refractivity contribution in [3.05, 3.63) is 28.5 Å². The highest BCUT2D eigenvalue weighted by Crippen LogP contribution is 2.13. The van der Waals surface area contributed by atoms with Crippen molar-refractivity contribution in [3.8, 4) is 0 Å². The predicted octanol–water partition coefficient (Wildman–Crippen LogP) is 2.63. The highest BCUT2D eigenvalue weighted by atomic mass is 35.5. The summed E-state index contributed by atoms with van der Waals surface area (Å²) < 4.78 is 24.3. The van der Waals surface area contributed by atoms with Crippen molar-refractivity contribution in [2.24, 2.45) is 0 Å². The molecule has 1 aromatic heterocycles. The van der Waals surface area contributed by atoms with Crippen molar-refractivity contribution in [3.63, 3.8) is 0 Å². The van der Waals surface area contributed by atoms with E-state index in [1.807, 2.05) is 6.92 Å². The molecule has 0 atom stereocenters. The molecular formula is C11H13ClF2N2O. The van der Waals surface area contributed by atoms with E-state index in [9.17, 15) is 13.6 Å². The van der Waals surface area contributed by atoms with Gasteiger partial charge < -0.3 is 4.90 Å². The van der Waals surface area contributed by atoms with Crippen molar-refractivity contribution in [1.29, 1.82) is 0 Å². The van der Waals surface area contributed by atoms with E-state index in [1.54, 1.807) is 6.07 Å². The van der Waals surface area contributed by atoms with Gasteiger partial charge in [-0.25, -0.2) is 13.8 Å². The number of aromatic nitrogens is 1. The number of carbonyl (C=O) groups is 1. The highest BCUT2D eigenvalue weighted by Gasteiger charge is 2.17. The van der Waals surface area contributed by atoms with Gasteiger partial charge in [0.1, 0.15) is 5.15 Å². The molecule has 0 saturated heterocycles. The van der Waals surface area contributed by atoms with Gasteiger partial charge in [0.25, 0.3) is 12.3 Å². The van der Waals surface area contributed by atoms with Crippen LogP contribution in [0.4, 0.5) is 8.78 Å². The molecular weight excluding hydrogens is 250 g/mol. The van der Waals surface area contributed by atoms with Crippen LogP contribution in [-0.4, -0.2) is 35.8 Å². The van der Waals surface area contributed by atoms with Gasteiger partial charge in [-0.3, -0.25) is 4.79 Å². The van der Waals surface area contributed by atoms with Crippen molar-refractivity contribution >= 4 is 17.5 Å². The molecule has 1 heterocycles. The zero-order chi connectivity index (χ0) is 13.0. The van der Waals surface area contributed by atoms with Gasteiger partial charge in [-0.2, -0.15) is 0 Å². The summed E-state index contributed by atoms with van der Waals surface area (Å²) in [5.74, 6) is -0.482. The van der Waals surface area contributed by atoms with Gasteiger partial charge in [-0.15, -0.1) is 0 Å². The average Bonchev–Trinajstić information content (AvgIpc) is 2.26. The Kier molecular flexibility index (Phi) is 4.81. The Balaban J connectivity index is 2.91. The molecule has 3 nitrogen and oxygen atoms in total. The maximum atomic E-state index is 12.2. The molecule has 0 fully saturated rings. The molecule has 1 aromatic rings. The standard InChI is InChI=1S/C11H13ClF2N2O/c1-3-8-4-7(5-9(12)15-8)11(17)16(2)6-10(13)14/h4-5,10H,3,6H2,1-2H3. The molecule has 0 aromatic carbocycles. The van der Waals surface area contributed by atoms with Crippen LogP contribution in [0.1, 0.15) is 23.0 Å². The third-order valence-electron chi connectivity index (χ3n) is 2.21. The first kappa shape index (κ1) is 13.8. The van der Waals surface area contributed by atoms with Crippen LogP contribution in [-0.2, 0) is 6.42 Å². The summed E-state index contributed by atoms with van der Waals surface area (Å²) in [6.07, 6.45) is -1.92. The summed E-state index contributed by atoms with van der Waals surface area (Å²) in [4.78, 5) is 16.8. The molecule has 0 aliphatic carbocycles. The third kappa shape index (κ3) is 3.93. The fraction of sp³-hybridized carbons (Fsp3) is 0.455. The van der Waals surface area contributed by atoms with Crippen molar-refractivity contribution in [2.75, 3.05) is 13.6 Å². The first-order chi connectivity index (χ1) is 7.93. The summed E-state index contributed by atoms with van der Waals surface area (Å²) in [7, 11) is 1.33. The minimum Gasteiger partial charge on any atom is -0.336 e. The third-order valence-corrected chi connectivity index (χ3v) is 2.41. The number of nitrogens with zero attached hydrogens (tertiary/aromatic N) is 2. The zero-order valence-electron chi connectivity index (χ0n) is 9.58. The van der Waals surface area contributed by atoms with E-state index in [0.717, 1.165) is 4.90 Å². The Morgan fingerprint density at radius 1 is 1.53 bits per heavy atom. The molecule has 0 saturated carbocycles. The van der Waals surface area contributed by atoms with Gasteiger partial charge in [0, 0.05) is 18.3 Å². The quantitative estimate of drug-likeness (QED) is 0.782. The minimum absolute atomic E-state index is 0.193. The van der Waals surface area contributed by atoms with E-state index in [2.05, 4.69) is 4.98 Å². The smallest absolute Gasteiger partial charge is 0.255 e. The van der Waals surface area contributed by atoms with Crippen LogP contribution in [0.5, 0.6) is 0 Å². The van der Waals surface area contributed by atoms with Gasteiger partial charge in [0.05, 0.1) is 6.54 Å². The second kappa shape index (κ2) is 5.91. The van der Waals surface area contributed by atoms with Crippen molar-refractivity contribution in [2.45, 2.75) is 19.8 Å². The van der Waals surface area contributed by atoms with Crippen LogP contribution in [0.3, 0.4) is 0 Å². The maximum Gasteiger partial charge on any atom is 0.255 e. The first-order valence-corrected chi connectivity index (χ1v) is 5.52. The molecule has 94 valence electrons. The lowest BCUT2D eigenvalue weighted by Crippen LogP contribution is -2.31. The Morgan fingerprint density at radius 3 is 2.71 bits per heavy atom. The van der Waals surface area contributed by atoms with Crippen LogP contribution in [0.25, 0.3) is 0 Å². The summed E-state index contributed by atoms with van der Waals surface area (Å²) >= 11 is 5.75. The summed E-state index contributed by atoms with van der Waals surface area (Å²) in [6, 6.07) is 2.95. The predicted molar refractivity (Wildman–Crippen MR) is 61.6 cm³/mol. The molecule has 6 heteroatoms. The molecule has 17 heavy (non-hydrogen) atoms. The SMILES string of the molecule is CCc1cc(C(=O)N(C)CC(F)F)cc(Cl)n1. The molecule has 0 aliphatic rings. The van der Waals surface area contributed by atoms with Crippen LogP contribution >= 0.6 is 11.6 Å². The van der Waals surface area contributed by atoms with E-state index in [1.165, 1.54) is 13.1 Å². The molecule has 0 unspecified atom stereocenters. The van der Waals surface area contributed by atoms with Gasteiger partial charge >= 0.3 is 0 Å². The number of halogens is 3. The lowest BCUT2D eigenvalue weighted by atomic mass is 10.2. The Bertz CT molecular complexity index is 412. The number of hydrogen-bond acceptors (Lipinski definition) is 2. The van der Waals surface area contributed by atoms with Crippen LogP contribution in [0.15, 0.2) is 12.1 Å². The second-order valence-electron chi connectivity index (χ2n) is 3.60. The number of aryl methyl sites for hydroxylation is 1. The molecule has 0 N–H and O–H groups in total. The average molecular weight is 263 g/mol. The maximum absolute atomic E-state index is 12.2. The monoisotopic (exact) mass is 262 g/mol. The van der Waals surface area contributed by atoms with Crippen molar-refractivity contribution < 1.29 is 13.6 Å². The second-order valence-corrected chi connectivity index (χ2v) is 3.99. The fourth-order valence-corrected chi connectivity index (χ4v) is 1.59. The van der Waals surface area contributed by atoms with Gasteiger partial charge in [0.2, 0.25) is 0 Å². The molecule has 0 bridgehead atoms. The Labute approximate surface area is 103 Å². The number of rotatable bonds is 4. The Hall–Kier alpha value is -1.23. The minimum atomic E-state index is -2.55. The number of alkyl halides is 2. The fourth-order valence-electron chi connectivity index (χ4n) is 1.37. The van der Waals surface area contributed by atoms with E-state index in [4.69, 9.17) is 11.6 Å². The summed E-state index contributed by atoms with van der Waals surface area (Å²) in [5, 5.41) is 0.193. The number of carbonyl (C=O) groups excluding carboxylic acids is 1. The van der Waals surface area contributed by atoms with E-state index >= 15 is 0 Å². The van der Waals surface area contributed by atoms with Gasteiger partial charge in [0.15, 0.2) is 0 Å².